The Morgan fingerprint density at radius 1 is 1.21 bits per heavy atom. The van der Waals surface area contributed by atoms with Gasteiger partial charge in [0, 0.05) is 24.3 Å². The zero-order chi connectivity index (χ0) is 21.4. The molecule has 3 rings (SSSR count). The highest BCUT2D eigenvalue weighted by Gasteiger charge is 2.32. The van der Waals surface area contributed by atoms with Gasteiger partial charge in [-0.25, -0.2) is 9.79 Å². The quantitative estimate of drug-likeness (QED) is 0.623. The topological polar surface area (TPSA) is 45.1 Å². The van der Waals surface area contributed by atoms with Gasteiger partial charge in [-0.15, -0.1) is 0 Å². The molecule has 0 aromatic heterocycles. The number of fused-ring (bicyclic) bond motifs is 1. The zero-order valence-corrected chi connectivity index (χ0v) is 18.6. The van der Waals surface area contributed by atoms with E-state index < -0.39 is 0 Å². The lowest BCUT2D eigenvalue weighted by molar-refractivity contribution is 0.190. The Kier molecular flexibility index (Phi) is 8.52. The lowest BCUT2D eigenvalue weighted by atomic mass is 10.0. The third-order valence-electron chi connectivity index (χ3n) is 4.85. The molecule has 2 aromatic carbocycles. The van der Waals surface area contributed by atoms with E-state index in [-0.39, 0.29) is 12.1 Å². The number of benzene rings is 2. The molecule has 156 valence electrons. The fourth-order valence-electron chi connectivity index (χ4n) is 3.39. The molecule has 0 fully saturated rings. The van der Waals surface area contributed by atoms with Crippen molar-refractivity contribution in [3.63, 3.8) is 0 Å². The van der Waals surface area contributed by atoms with Crippen molar-refractivity contribution in [3.05, 3.63) is 59.1 Å². The van der Waals surface area contributed by atoms with Crippen LogP contribution in [0.4, 0.5) is 16.2 Å². The van der Waals surface area contributed by atoms with E-state index in [1.54, 1.807) is 19.1 Å². The van der Waals surface area contributed by atoms with Crippen molar-refractivity contribution >= 4 is 34.9 Å². The summed E-state index contributed by atoms with van der Waals surface area (Å²) in [7, 11) is 3.39. The van der Waals surface area contributed by atoms with E-state index in [1.807, 2.05) is 74.2 Å². The number of likely N-dealkylation sites (N-methyl/N-ethyl adjacent to an activating group) is 1. The summed E-state index contributed by atoms with van der Waals surface area (Å²) in [5.74, 6) is 0.549. The lowest BCUT2D eigenvalue weighted by Gasteiger charge is -2.33. The number of aryl methyl sites for hydroxylation is 1. The number of hydrogen-bond acceptors (Lipinski definition) is 3. The number of ether oxygens (including phenoxy) is 1. The molecule has 0 aliphatic carbocycles. The van der Waals surface area contributed by atoms with E-state index in [1.165, 1.54) is 0 Å². The first-order valence-electron chi connectivity index (χ1n) is 10.1. The third-order valence-corrected chi connectivity index (χ3v) is 5.08. The van der Waals surface area contributed by atoms with Crippen molar-refractivity contribution in [1.29, 1.82) is 0 Å². The molecule has 0 N–H and O–H groups in total. The van der Waals surface area contributed by atoms with Crippen LogP contribution >= 0.6 is 11.6 Å². The molecule has 1 aliphatic heterocycles. The number of halogens is 1. The van der Waals surface area contributed by atoms with Crippen molar-refractivity contribution in [3.8, 4) is 0 Å². The van der Waals surface area contributed by atoms with E-state index in [2.05, 4.69) is 4.99 Å². The molecular weight excluding hydrogens is 386 g/mol. The van der Waals surface area contributed by atoms with Gasteiger partial charge in [0.15, 0.2) is 0 Å². The number of urea groups is 1. The molecule has 6 heteroatoms. The number of nitrogens with zero attached hydrogens (tertiary/aromatic N) is 3. The first-order valence-corrected chi connectivity index (χ1v) is 10.4. The summed E-state index contributed by atoms with van der Waals surface area (Å²) < 4.78 is 5.59. The second kappa shape index (κ2) is 10.9. The molecule has 1 atom stereocenters. The molecule has 0 spiro atoms. The number of methoxy groups -OCH3 is 1. The first-order chi connectivity index (χ1) is 14.0. The number of hydrogen-bond donors (Lipinski definition) is 0. The highest BCUT2D eigenvalue weighted by Crippen LogP contribution is 2.30. The Hall–Kier alpha value is -2.53. The largest absolute Gasteiger partial charge is 0.483 e. The average molecular weight is 416 g/mol. The van der Waals surface area contributed by atoms with Gasteiger partial charge in [0.05, 0.1) is 12.8 Å². The summed E-state index contributed by atoms with van der Waals surface area (Å²) in [5.41, 5.74) is 2.76. The molecule has 2 aromatic rings. The maximum absolute atomic E-state index is 13.2. The smallest absolute Gasteiger partial charge is 0.324 e. The average Bonchev–Trinajstić information content (AvgIpc) is 2.95. The van der Waals surface area contributed by atoms with Gasteiger partial charge in [-0.2, -0.15) is 0 Å². The first kappa shape index (κ1) is 22.8. The van der Waals surface area contributed by atoms with Crippen molar-refractivity contribution < 1.29 is 9.53 Å². The SMILES string of the molecule is CC.CCN(C(=O)N(C)c1ccccc1)C1CCc2cc(Cl)ccc2N=C1OC. The van der Waals surface area contributed by atoms with Crippen LogP contribution in [-0.4, -0.2) is 43.6 Å². The summed E-state index contributed by atoms with van der Waals surface area (Å²) in [6.07, 6.45) is 1.50. The molecule has 0 bridgehead atoms. The molecule has 1 unspecified atom stereocenters. The molecule has 0 radical (unpaired) electrons. The lowest BCUT2D eigenvalue weighted by Crippen LogP contribution is -2.50. The third kappa shape index (κ3) is 5.30. The van der Waals surface area contributed by atoms with E-state index in [0.29, 0.717) is 17.5 Å². The van der Waals surface area contributed by atoms with Crippen LogP contribution in [0.3, 0.4) is 0 Å². The van der Waals surface area contributed by atoms with Crippen molar-refractivity contribution in [2.75, 3.05) is 25.6 Å². The van der Waals surface area contributed by atoms with Crippen molar-refractivity contribution in [2.24, 2.45) is 4.99 Å². The van der Waals surface area contributed by atoms with Crippen LogP contribution in [0, 0.1) is 0 Å². The van der Waals surface area contributed by atoms with E-state index >= 15 is 0 Å². The number of para-hydroxylation sites is 1. The molecule has 1 heterocycles. The summed E-state index contributed by atoms with van der Waals surface area (Å²) in [5, 5.41) is 0.689. The van der Waals surface area contributed by atoms with E-state index in [9.17, 15) is 4.79 Å². The molecule has 2 amide bonds. The Bertz CT molecular complexity index is 839. The molecule has 5 nitrogen and oxygen atoms in total. The van der Waals surface area contributed by atoms with E-state index in [0.717, 1.165) is 29.8 Å². The van der Waals surface area contributed by atoms with Gasteiger partial charge in [0.25, 0.3) is 0 Å². The van der Waals surface area contributed by atoms with Gasteiger partial charge in [-0.05, 0) is 55.7 Å². The van der Waals surface area contributed by atoms with Crippen LogP contribution in [0.25, 0.3) is 0 Å². The number of anilines is 1. The Labute approximate surface area is 178 Å². The highest BCUT2D eigenvalue weighted by atomic mass is 35.5. The van der Waals surface area contributed by atoms with Crippen molar-refractivity contribution in [1.82, 2.24) is 4.90 Å². The van der Waals surface area contributed by atoms with Crippen molar-refractivity contribution in [2.45, 2.75) is 39.7 Å². The van der Waals surface area contributed by atoms with Crippen LogP contribution in [0.15, 0.2) is 53.5 Å². The molecule has 0 saturated carbocycles. The molecule has 0 saturated heterocycles. The summed E-state index contributed by atoms with van der Waals surface area (Å²) in [4.78, 5) is 21.3. The normalized spacial score (nSPS) is 15.1. The van der Waals surface area contributed by atoms with Gasteiger partial charge in [0.2, 0.25) is 5.90 Å². The van der Waals surface area contributed by atoms with Crippen LogP contribution in [-0.2, 0) is 11.2 Å². The monoisotopic (exact) mass is 415 g/mol. The second-order valence-corrected chi connectivity index (χ2v) is 6.88. The standard InChI is InChI=1S/C21H24ClN3O2.C2H6/c1-4-25(21(26)24(2)17-8-6-5-7-9-17)19-13-10-15-14-16(22)11-12-18(15)23-20(19)27-3;1-2/h5-9,11-12,14,19H,4,10,13H2,1-3H3;1-2H3. The maximum Gasteiger partial charge on any atom is 0.324 e. The van der Waals surface area contributed by atoms with Gasteiger partial charge in [-0.3, -0.25) is 4.90 Å². The van der Waals surface area contributed by atoms with Crippen LogP contribution in [0.5, 0.6) is 0 Å². The van der Waals surface area contributed by atoms with E-state index in [4.69, 9.17) is 16.3 Å². The Balaban J connectivity index is 0.00000145. The summed E-state index contributed by atoms with van der Waals surface area (Å²) >= 11 is 6.14. The highest BCUT2D eigenvalue weighted by molar-refractivity contribution is 6.30. The number of aliphatic imine (C=N–C) groups is 1. The zero-order valence-electron chi connectivity index (χ0n) is 17.9. The minimum atomic E-state index is -0.232. The fraction of sp³-hybridized carbons (Fsp3) is 0.391. The van der Waals surface area contributed by atoms with Gasteiger partial charge >= 0.3 is 6.03 Å². The predicted octanol–water partition coefficient (Wildman–Crippen LogP) is 5.94. The molecule has 29 heavy (non-hydrogen) atoms. The number of carbonyl (C=O) groups excluding carboxylic acids is 1. The predicted molar refractivity (Wildman–Crippen MR) is 122 cm³/mol. The summed E-state index contributed by atoms with van der Waals surface area (Å²) in [6.45, 7) is 6.53. The minimum Gasteiger partial charge on any atom is -0.483 e. The Morgan fingerprint density at radius 3 is 2.52 bits per heavy atom. The van der Waals surface area contributed by atoms with Gasteiger partial charge in [-0.1, -0.05) is 43.6 Å². The van der Waals surface area contributed by atoms with Crippen LogP contribution < -0.4 is 4.90 Å². The number of amides is 2. The minimum absolute atomic E-state index is 0.0811. The molecule has 1 aliphatic rings. The van der Waals surface area contributed by atoms with Crippen LogP contribution in [0.2, 0.25) is 5.02 Å². The fourth-order valence-corrected chi connectivity index (χ4v) is 3.58. The van der Waals surface area contributed by atoms with Crippen LogP contribution in [0.1, 0.15) is 32.8 Å². The second-order valence-electron chi connectivity index (χ2n) is 6.44. The maximum atomic E-state index is 13.2. The summed E-state index contributed by atoms with van der Waals surface area (Å²) in [6, 6.07) is 15.0. The van der Waals surface area contributed by atoms with Gasteiger partial charge in [0.1, 0.15) is 6.04 Å². The Morgan fingerprint density at radius 2 is 1.90 bits per heavy atom. The number of rotatable bonds is 3. The van der Waals surface area contributed by atoms with Gasteiger partial charge < -0.3 is 9.64 Å². The number of carbonyl (C=O) groups is 1. The molecular formula is C23H30ClN3O2.